The van der Waals surface area contributed by atoms with E-state index >= 15 is 0 Å². The molecule has 0 spiro atoms. The third-order valence-corrected chi connectivity index (χ3v) is 5.20. The number of halogens is 2. The summed E-state index contributed by atoms with van der Waals surface area (Å²) in [4.78, 5) is 27.1. The highest BCUT2D eigenvalue weighted by Crippen LogP contribution is 2.24. The van der Waals surface area contributed by atoms with Gasteiger partial charge in [-0.25, -0.2) is 0 Å². The summed E-state index contributed by atoms with van der Waals surface area (Å²) in [5.41, 5.74) is 1.13. The first-order valence-electron chi connectivity index (χ1n) is 8.84. The van der Waals surface area contributed by atoms with Crippen LogP contribution in [0.2, 0.25) is 10.0 Å². The molecule has 0 bridgehead atoms. The van der Waals surface area contributed by atoms with Gasteiger partial charge in [0.15, 0.2) is 0 Å². The molecule has 7 nitrogen and oxygen atoms in total. The summed E-state index contributed by atoms with van der Waals surface area (Å²) in [7, 11) is 0. The van der Waals surface area contributed by atoms with Gasteiger partial charge in [0.25, 0.3) is 5.69 Å². The number of nitrogens with one attached hydrogen (secondary N) is 1. The number of rotatable bonds is 6. The van der Waals surface area contributed by atoms with Crippen molar-refractivity contribution in [3.8, 4) is 0 Å². The Morgan fingerprint density at radius 1 is 1.07 bits per heavy atom. The van der Waals surface area contributed by atoms with E-state index in [0.717, 1.165) is 38.3 Å². The molecule has 3 rings (SSSR count). The normalized spacial score (nSPS) is 15.4. The van der Waals surface area contributed by atoms with Crippen molar-refractivity contribution < 1.29 is 9.72 Å². The molecular formula is C19H20Cl2N4O3. The molecule has 0 atom stereocenters. The molecule has 1 aliphatic rings. The molecule has 1 aliphatic heterocycles. The third-order valence-electron chi connectivity index (χ3n) is 4.62. The molecule has 1 heterocycles. The van der Waals surface area contributed by atoms with Crippen LogP contribution in [0.1, 0.15) is 5.56 Å². The zero-order valence-corrected chi connectivity index (χ0v) is 16.6. The number of carbonyl (C=O) groups is 1. The van der Waals surface area contributed by atoms with Crippen molar-refractivity contribution in [3.05, 3.63) is 68.2 Å². The fourth-order valence-electron chi connectivity index (χ4n) is 3.13. The van der Waals surface area contributed by atoms with E-state index in [4.69, 9.17) is 23.2 Å². The summed E-state index contributed by atoms with van der Waals surface area (Å²) in [6, 6.07) is 11.6. The number of para-hydroxylation sites is 2. The van der Waals surface area contributed by atoms with Crippen molar-refractivity contribution in [2.45, 2.75) is 6.54 Å². The molecule has 1 fully saturated rings. The highest BCUT2D eigenvalue weighted by Gasteiger charge is 2.21. The number of hydrogen-bond donors (Lipinski definition) is 1. The first kappa shape index (κ1) is 20.5. The Labute approximate surface area is 173 Å². The molecule has 9 heteroatoms. The lowest BCUT2D eigenvalue weighted by molar-refractivity contribution is -0.383. The van der Waals surface area contributed by atoms with Gasteiger partial charge in [-0.15, -0.1) is 0 Å². The maximum Gasteiger partial charge on any atom is 0.292 e. The lowest BCUT2D eigenvalue weighted by Crippen LogP contribution is -2.48. The number of benzene rings is 2. The van der Waals surface area contributed by atoms with Gasteiger partial charge in [-0.1, -0.05) is 41.4 Å². The molecule has 1 saturated heterocycles. The molecule has 1 amide bonds. The van der Waals surface area contributed by atoms with E-state index in [9.17, 15) is 14.9 Å². The van der Waals surface area contributed by atoms with Crippen LogP contribution in [-0.4, -0.2) is 53.4 Å². The number of nitro benzene ring substituents is 1. The van der Waals surface area contributed by atoms with Crippen LogP contribution in [0.5, 0.6) is 0 Å². The highest BCUT2D eigenvalue weighted by atomic mass is 35.5. The monoisotopic (exact) mass is 422 g/mol. The maximum atomic E-state index is 12.3. The van der Waals surface area contributed by atoms with E-state index in [1.165, 1.54) is 12.1 Å². The summed E-state index contributed by atoms with van der Waals surface area (Å²) in [5, 5.41) is 14.9. The van der Waals surface area contributed by atoms with E-state index in [1.54, 1.807) is 18.2 Å². The fraction of sp³-hybridized carbons (Fsp3) is 0.316. The van der Waals surface area contributed by atoms with Crippen LogP contribution in [0, 0.1) is 10.1 Å². The van der Waals surface area contributed by atoms with Crippen molar-refractivity contribution in [1.82, 2.24) is 9.80 Å². The molecule has 0 radical (unpaired) electrons. The second-order valence-corrected chi connectivity index (χ2v) is 7.45. The van der Waals surface area contributed by atoms with Gasteiger partial charge in [0.1, 0.15) is 5.69 Å². The average Bonchev–Trinajstić information content (AvgIpc) is 2.65. The molecule has 0 unspecified atom stereocenters. The number of nitro groups is 1. The topological polar surface area (TPSA) is 78.7 Å². The molecule has 1 N–H and O–H groups in total. The van der Waals surface area contributed by atoms with Gasteiger partial charge in [0.05, 0.1) is 11.5 Å². The van der Waals surface area contributed by atoms with Crippen molar-refractivity contribution in [3.63, 3.8) is 0 Å². The second-order valence-electron chi connectivity index (χ2n) is 6.61. The molecule has 28 heavy (non-hydrogen) atoms. The summed E-state index contributed by atoms with van der Waals surface area (Å²) in [6.45, 7) is 3.99. The Hall–Kier alpha value is -2.19. The third kappa shape index (κ3) is 5.42. The fourth-order valence-corrected chi connectivity index (χ4v) is 3.60. The molecule has 0 saturated carbocycles. The molecule has 0 aromatic heterocycles. The summed E-state index contributed by atoms with van der Waals surface area (Å²) >= 11 is 12.2. The van der Waals surface area contributed by atoms with Crippen LogP contribution < -0.4 is 5.32 Å². The van der Waals surface area contributed by atoms with Gasteiger partial charge < -0.3 is 5.32 Å². The van der Waals surface area contributed by atoms with Gasteiger partial charge in [-0.2, -0.15) is 0 Å². The number of amides is 1. The van der Waals surface area contributed by atoms with E-state index in [0.29, 0.717) is 10.0 Å². The number of hydrogen-bond acceptors (Lipinski definition) is 5. The highest BCUT2D eigenvalue weighted by molar-refractivity contribution is 6.35. The number of anilines is 1. The lowest BCUT2D eigenvalue weighted by Gasteiger charge is -2.34. The first-order valence-corrected chi connectivity index (χ1v) is 9.60. The molecule has 2 aromatic rings. The van der Waals surface area contributed by atoms with E-state index in [2.05, 4.69) is 10.2 Å². The largest absolute Gasteiger partial charge is 0.319 e. The average molecular weight is 423 g/mol. The minimum atomic E-state index is -0.504. The Balaban J connectivity index is 1.49. The SMILES string of the molecule is O=C(CN1CCN(Cc2ccc(Cl)cc2Cl)CC1)Nc1ccccc1[N+](=O)[O-]. The minimum absolute atomic E-state index is 0.111. The number of piperazine rings is 1. The maximum absolute atomic E-state index is 12.3. The zero-order valence-electron chi connectivity index (χ0n) is 15.1. The van der Waals surface area contributed by atoms with Crippen LogP contribution >= 0.6 is 23.2 Å². The van der Waals surface area contributed by atoms with Crippen LogP contribution in [-0.2, 0) is 11.3 Å². The number of carbonyl (C=O) groups excluding carboxylic acids is 1. The predicted molar refractivity (Wildman–Crippen MR) is 110 cm³/mol. The molecular weight excluding hydrogens is 403 g/mol. The summed E-state index contributed by atoms with van der Waals surface area (Å²) in [6.07, 6.45) is 0. The van der Waals surface area contributed by atoms with E-state index < -0.39 is 4.92 Å². The Bertz CT molecular complexity index is 870. The van der Waals surface area contributed by atoms with Crippen LogP contribution in [0.4, 0.5) is 11.4 Å². The first-order chi connectivity index (χ1) is 13.4. The Kier molecular flexibility index (Phi) is 6.85. The molecule has 148 valence electrons. The quantitative estimate of drug-likeness (QED) is 0.567. The van der Waals surface area contributed by atoms with Gasteiger partial charge in [0.2, 0.25) is 5.91 Å². The smallest absolute Gasteiger partial charge is 0.292 e. The van der Waals surface area contributed by atoms with Gasteiger partial charge in [-0.3, -0.25) is 24.7 Å². The van der Waals surface area contributed by atoms with Crippen molar-refractivity contribution >= 4 is 40.5 Å². The Morgan fingerprint density at radius 2 is 1.75 bits per heavy atom. The zero-order chi connectivity index (χ0) is 20.1. The van der Waals surface area contributed by atoms with Crippen molar-refractivity contribution in [2.24, 2.45) is 0 Å². The van der Waals surface area contributed by atoms with Gasteiger partial charge >= 0.3 is 0 Å². The lowest BCUT2D eigenvalue weighted by atomic mass is 10.2. The van der Waals surface area contributed by atoms with Crippen molar-refractivity contribution in [1.29, 1.82) is 0 Å². The molecule has 0 aliphatic carbocycles. The van der Waals surface area contributed by atoms with E-state index in [-0.39, 0.29) is 23.8 Å². The van der Waals surface area contributed by atoms with Gasteiger partial charge in [0, 0.05) is 48.8 Å². The van der Waals surface area contributed by atoms with Crippen LogP contribution in [0.15, 0.2) is 42.5 Å². The van der Waals surface area contributed by atoms with Gasteiger partial charge in [-0.05, 0) is 23.8 Å². The standard InChI is InChI=1S/C19H20Cl2N4O3/c20-15-6-5-14(16(21)11-15)12-23-7-9-24(10-8-23)13-19(26)22-17-3-1-2-4-18(17)25(27)28/h1-6,11H,7-10,12-13H2,(H,22,26). The second kappa shape index (κ2) is 9.34. The Morgan fingerprint density at radius 3 is 2.43 bits per heavy atom. The van der Waals surface area contributed by atoms with Crippen molar-refractivity contribution in [2.75, 3.05) is 38.0 Å². The van der Waals surface area contributed by atoms with Crippen LogP contribution in [0.3, 0.4) is 0 Å². The minimum Gasteiger partial charge on any atom is -0.319 e. The van der Waals surface area contributed by atoms with E-state index in [1.807, 2.05) is 17.0 Å². The summed E-state index contributed by atoms with van der Waals surface area (Å²) < 4.78 is 0. The van der Waals surface area contributed by atoms with Crippen LogP contribution in [0.25, 0.3) is 0 Å². The summed E-state index contributed by atoms with van der Waals surface area (Å²) in [5.74, 6) is -0.261. The predicted octanol–water partition coefficient (Wildman–Crippen LogP) is 3.66. The molecule has 2 aromatic carbocycles. The number of nitrogens with zero attached hydrogens (tertiary/aromatic N) is 3.